The van der Waals surface area contributed by atoms with Gasteiger partial charge in [0.05, 0.1) is 12.8 Å². The van der Waals surface area contributed by atoms with Gasteiger partial charge in [-0.3, -0.25) is 9.12 Å². The van der Waals surface area contributed by atoms with Crippen molar-refractivity contribution in [3.8, 4) is 17.0 Å². The number of hydrogen-bond acceptors (Lipinski definition) is 5. The Kier molecular flexibility index (Phi) is 4.37. The van der Waals surface area contributed by atoms with Crippen LogP contribution in [-0.4, -0.2) is 24.9 Å². The molecule has 8 heteroatoms. The minimum atomic E-state index is -3.78. The molecule has 0 saturated heterocycles. The molecule has 0 radical (unpaired) electrons. The molecule has 4 aromatic rings. The maximum Gasteiger partial charge on any atom is 0.265 e. The Balaban J connectivity index is 1.67. The molecule has 0 aliphatic heterocycles. The second kappa shape index (κ2) is 6.71. The van der Waals surface area contributed by atoms with Gasteiger partial charge in [-0.15, -0.1) is 11.3 Å². The molecule has 0 unspecified atom stereocenters. The van der Waals surface area contributed by atoms with E-state index in [1.165, 1.54) is 7.11 Å². The van der Waals surface area contributed by atoms with Crippen LogP contribution in [0.15, 0.2) is 65.1 Å². The highest BCUT2D eigenvalue weighted by molar-refractivity contribution is 7.92. The molecule has 2 aromatic carbocycles. The van der Waals surface area contributed by atoms with E-state index in [2.05, 4.69) is 9.71 Å². The third kappa shape index (κ3) is 3.41. The molecule has 2 heterocycles. The summed E-state index contributed by atoms with van der Waals surface area (Å²) >= 11 is 1.55. The van der Waals surface area contributed by atoms with Crippen LogP contribution < -0.4 is 9.46 Å². The van der Waals surface area contributed by atoms with Crippen LogP contribution in [0.5, 0.6) is 5.75 Å². The summed E-state index contributed by atoms with van der Waals surface area (Å²) in [5, 5.41) is 1.96. The van der Waals surface area contributed by atoms with Crippen molar-refractivity contribution in [2.24, 2.45) is 0 Å². The Bertz CT molecular complexity index is 1200. The van der Waals surface area contributed by atoms with Crippen LogP contribution in [0, 0.1) is 6.92 Å². The first kappa shape index (κ1) is 17.6. The number of nitrogens with one attached hydrogen (secondary N) is 1. The molecule has 0 atom stereocenters. The van der Waals surface area contributed by atoms with Gasteiger partial charge in [0.1, 0.15) is 10.6 Å². The average molecular weight is 399 g/mol. The van der Waals surface area contributed by atoms with E-state index < -0.39 is 10.0 Å². The standard InChI is InChI=1S/C19H17N3O3S2/c1-13-6-7-18(17(10-13)25-2)27(23,24)21-15-5-3-4-14(11-15)16-12-22-8-9-26-19(22)20-16/h3-12,21H,1-2H3. The number of benzene rings is 2. The van der Waals surface area contributed by atoms with Gasteiger partial charge in [0.15, 0.2) is 4.96 Å². The number of aromatic nitrogens is 2. The van der Waals surface area contributed by atoms with Crippen molar-refractivity contribution in [1.82, 2.24) is 9.38 Å². The van der Waals surface area contributed by atoms with E-state index in [0.29, 0.717) is 11.4 Å². The molecule has 0 saturated carbocycles. The number of methoxy groups -OCH3 is 1. The van der Waals surface area contributed by atoms with Crippen molar-refractivity contribution in [1.29, 1.82) is 0 Å². The van der Waals surface area contributed by atoms with E-state index in [1.807, 2.05) is 35.2 Å². The summed E-state index contributed by atoms with van der Waals surface area (Å²) in [6.45, 7) is 1.88. The molecule has 0 aliphatic carbocycles. The predicted octanol–water partition coefficient (Wildman–Crippen LogP) is 4.18. The van der Waals surface area contributed by atoms with Gasteiger partial charge in [-0.25, -0.2) is 13.4 Å². The summed E-state index contributed by atoms with van der Waals surface area (Å²) in [6.07, 6.45) is 3.86. The number of rotatable bonds is 5. The summed E-state index contributed by atoms with van der Waals surface area (Å²) in [5.74, 6) is 0.313. The molecule has 0 fully saturated rings. The summed E-state index contributed by atoms with van der Waals surface area (Å²) in [6, 6.07) is 12.2. The third-order valence-corrected chi connectivity index (χ3v) is 6.30. The van der Waals surface area contributed by atoms with Gasteiger partial charge in [-0.1, -0.05) is 18.2 Å². The second-order valence-corrected chi connectivity index (χ2v) is 8.58. The fourth-order valence-corrected chi connectivity index (χ4v) is 4.72. The number of nitrogens with zero attached hydrogens (tertiary/aromatic N) is 2. The van der Waals surface area contributed by atoms with Gasteiger partial charge in [0.25, 0.3) is 10.0 Å². The topological polar surface area (TPSA) is 72.7 Å². The molecule has 4 rings (SSSR count). The molecule has 0 spiro atoms. The fraction of sp³-hybridized carbons (Fsp3) is 0.105. The summed E-state index contributed by atoms with van der Waals surface area (Å²) in [5.41, 5.74) is 3.01. The Morgan fingerprint density at radius 3 is 2.81 bits per heavy atom. The Morgan fingerprint density at radius 2 is 2.04 bits per heavy atom. The van der Waals surface area contributed by atoms with Crippen molar-refractivity contribution >= 4 is 32.0 Å². The van der Waals surface area contributed by atoms with Gasteiger partial charge >= 0.3 is 0 Å². The highest BCUT2D eigenvalue weighted by Gasteiger charge is 2.20. The van der Waals surface area contributed by atoms with Gasteiger partial charge in [-0.05, 0) is 36.8 Å². The van der Waals surface area contributed by atoms with Crippen LogP contribution in [0.25, 0.3) is 16.2 Å². The molecule has 138 valence electrons. The number of thiazole rings is 1. The first-order chi connectivity index (χ1) is 13.0. The minimum absolute atomic E-state index is 0.100. The zero-order chi connectivity index (χ0) is 19.0. The number of sulfonamides is 1. The number of imidazole rings is 1. The number of anilines is 1. The molecule has 0 amide bonds. The van der Waals surface area contributed by atoms with Gasteiger partial charge in [0, 0.05) is 29.0 Å². The number of aryl methyl sites for hydroxylation is 1. The van der Waals surface area contributed by atoms with Crippen molar-refractivity contribution in [3.05, 3.63) is 65.8 Å². The molecule has 1 N–H and O–H groups in total. The minimum Gasteiger partial charge on any atom is -0.495 e. The van der Waals surface area contributed by atoms with Crippen LogP contribution in [0.1, 0.15) is 5.56 Å². The lowest BCUT2D eigenvalue weighted by molar-refractivity contribution is 0.402. The van der Waals surface area contributed by atoms with Crippen LogP contribution in [0.4, 0.5) is 5.69 Å². The molecule has 2 aromatic heterocycles. The fourth-order valence-electron chi connectivity index (χ4n) is 2.82. The second-order valence-electron chi connectivity index (χ2n) is 6.06. The first-order valence-corrected chi connectivity index (χ1v) is 10.5. The van der Waals surface area contributed by atoms with Crippen molar-refractivity contribution in [2.45, 2.75) is 11.8 Å². The summed E-state index contributed by atoms with van der Waals surface area (Å²) < 4.78 is 35.5. The van der Waals surface area contributed by atoms with Crippen LogP contribution in [-0.2, 0) is 10.0 Å². The lowest BCUT2D eigenvalue weighted by Crippen LogP contribution is -2.14. The Labute approximate surface area is 161 Å². The van der Waals surface area contributed by atoms with Gasteiger partial charge in [-0.2, -0.15) is 0 Å². The lowest BCUT2D eigenvalue weighted by Gasteiger charge is -2.12. The molecular weight excluding hydrogens is 382 g/mol. The maximum atomic E-state index is 12.8. The first-order valence-electron chi connectivity index (χ1n) is 8.16. The van der Waals surface area contributed by atoms with E-state index in [9.17, 15) is 8.42 Å². The van der Waals surface area contributed by atoms with Crippen molar-refractivity contribution in [3.63, 3.8) is 0 Å². The molecular formula is C19H17N3O3S2. The molecule has 0 bridgehead atoms. The maximum absolute atomic E-state index is 12.8. The Morgan fingerprint density at radius 1 is 1.19 bits per heavy atom. The van der Waals surface area contributed by atoms with Gasteiger partial charge in [0.2, 0.25) is 0 Å². The quantitative estimate of drug-likeness (QED) is 0.546. The van der Waals surface area contributed by atoms with Crippen molar-refractivity contribution < 1.29 is 13.2 Å². The SMILES string of the molecule is COc1cc(C)ccc1S(=O)(=O)Nc1cccc(-c2cn3ccsc3n2)c1. The summed E-state index contributed by atoms with van der Waals surface area (Å²) in [7, 11) is -2.33. The van der Waals surface area contributed by atoms with Crippen LogP contribution in [0.3, 0.4) is 0 Å². The molecule has 27 heavy (non-hydrogen) atoms. The zero-order valence-electron chi connectivity index (χ0n) is 14.7. The zero-order valence-corrected chi connectivity index (χ0v) is 16.3. The van der Waals surface area contributed by atoms with Crippen LogP contribution >= 0.6 is 11.3 Å². The van der Waals surface area contributed by atoms with E-state index in [4.69, 9.17) is 4.74 Å². The van der Waals surface area contributed by atoms with Crippen LogP contribution in [0.2, 0.25) is 0 Å². The summed E-state index contributed by atoms with van der Waals surface area (Å²) in [4.78, 5) is 5.55. The third-order valence-electron chi connectivity index (χ3n) is 4.11. The normalized spacial score (nSPS) is 11.6. The Hall–Kier alpha value is -2.84. The van der Waals surface area contributed by atoms with E-state index in [-0.39, 0.29) is 4.90 Å². The number of hydrogen-bond donors (Lipinski definition) is 1. The average Bonchev–Trinajstić information content (AvgIpc) is 3.23. The largest absolute Gasteiger partial charge is 0.495 e. The van der Waals surface area contributed by atoms with Gasteiger partial charge < -0.3 is 4.74 Å². The molecule has 0 aliphatic rings. The molecule has 6 nitrogen and oxygen atoms in total. The van der Waals surface area contributed by atoms with Crippen molar-refractivity contribution in [2.75, 3.05) is 11.8 Å². The highest BCUT2D eigenvalue weighted by atomic mass is 32.2. The van der Waals surface area contributed by atoms with E-state index >= 15 is 0 Å². The lowest BCUT2D eigenvalue weighted by atomic mass is 10.1. The van der Waals surface area contributed by atoms with E-state index in [1.54, 1.807) is 47.7 Å². The monoisotopic (exact) mass is 399 g/mol. The number of fused-ring (bicyclic) bond motifs is 1. The highest BCUT2D eigenvalue weighted by Crippen LogP contribution is 2.29. The number of ether oxygens (including phenoxy) is 1. The van der Waals surface area contributed by atoms with E-state index in [0.717, 1.165) is 21.8 Å². The predicted molar refractivity (Wildman–Crippen MR) is 107 cm³/mol. The smallest absolute Gasteiger partial charge is 0.265 e.